The summed E-state index contributed by atoms with van der Waals surface area (Å²) in [5.41, 5.74) is 0.689. The molecular weight excluding hydrogens is 364 g/mol. The number of halogens is 1. The summed E-state index contributed by atoms with van der Waals surface area (Å²) in [5.74, 6) is 1.36. The van der Waals surface area contributed by atoms with Crippen molar-refractivity contribution >= 4 is 23.2 Å². The zero-order valence-corrected chi connectivity index (χ0v) is 16.8. The van der Waals surface area contributed by atoms with Crippen LogP contribution in [0.5, 0.6) is 11.5 Å². The molecule has 0 aliphatic heterocycles. The van der Waals surface area contributed by atoms with E-state index in [9.17, 15) is 4.79 Å². The Morgan fingerprint density at radius 3 is 2.70 bits per heavy atom. The van der Waals surface area contributed by atoms with Crippen molar-refractivity contribution in [2.24, 2.45) is 0 Å². The molecule has 0 aromatic heterocycles. The number of anilines is 1. The van der Waals surface area contributed by atoms with E-state index in [1.165, 1.54) is 0 Å². The van der Waals surface area contributed by atoms with E-state index in [0.29, 0.717) is 29.7 Å². The van der Waals surface area contributed by atoms with E-state index < -0.39 is 0 Å². The van der Waals surface area contributed by atoms with Crippen molar-refractivity contribution in [3.8, 4) is 11.5 Å². The highest BCUT2D eigenvalue weighted by Crippen LogP contribution is 2.24. The number of likely N-dealkylation sites (N-methyl/N-ethyl adjacent to an activating group) is 1. The van der Waals surface area contributed by atoms with Gasteiger partial charge in [-0.15, -0.1) is 0 Å². The van der Waals surface area contributed by atoms with Crippen molar-refractivity contribution in [1.29, 1.82) is 0 Å². The molecule has 6 heteroatoms. The SMILES string of the molecule is CCOc1ccccc1NC(=O)C(C)N(C)CCCOc1cccc(Cl)c1. The van der Waals surface area contributed by atoms with E-state index in [1.807, 2.05) is 68.3 Å². The van der Waals surface area contributed by atoms with Crippen LogP contribution in [-0.2, 0) is 4.79 Å². The second-order valence-electron chi connectivity index (χ2n) is 6.23. The molecule has 0 saturated carbocycles. The number of carbonyl (C=O) groups excluding carboxylic acids is 1. The lowest BCUT2D eigenvalue weighted by molar-refractivity contribution is -0.120. The van der Waals surface area contributed by atoms with Crippen LogP contribution in [0.2, 0.25) is 5.02 Å². The lowest BCUT2D eigenvalue weighted by atomic mass is 10.2. The molecule has 0 fully saturated rings. The quantitative estimate of drug-likeness (QED) is 0.608. The van der Waals surface area contributed by atoms with Gasteiger partial charge in [-0.1, -0.05) is 29.8 Å². The maximum Gasteiger partial charge on any atom is 0.241 e. The van der Waals surface area contributed by atoms with Crippen molar-refractivity contribution in [3.63, 3.8) is 0 Å². The average molecular weight is 391 g/mol. The number of benzene rings is 2. The second kappa shape index (κ2) is 10.8. The van der Waals surface area contributed by atoms with Crippen molar-refractivity contribution in [2.75, 3.05) is 32.1 Å². The van der Waals surface area contributed by atoms with Gasteiger partial charge in [0.1, 0.15) is 11.5 Å². The molecule has 1 atom stereocenters. The molecular formula is C21H27ClN2O3. The Kier molecular flexibility index (Phi) is 8.43. The largest absolute Gasteiger partial charge is 0.493 e. The highest BCUT2D eigenvalue weighted by Gasteiger charge is 2.19. The third-order valence-corrected chi connectivity index (χ3v) is 4.44. The topological polar surface area (TPSA) is 50.8 Å². The van der Waals surface area contributed by atoms with E-state index >= 15 is 0 Å². The normalized spacial score (nSPS) is 11.9. The molecule has 0 spiro atoms. The van der Waals surface area contributed by atoms with Gasteiger partial charge in [-0.25, -0.2) is 0 Å². The second-order valence-corrected chi connectivity index (χ2v) is 6.67. The van der Waals surface area contributed by atoms with E-state index in [0.717, 1.165) is 18.7 Å². The zero-order chi connectivity index (χ0) is 19.6. The van der Waals surface area contributed by atoms with Crippen molar-refractivity contribution < 1.29 is 14.3 Å². The summed E-state index contributed by atoms with van der Waals surface area (Å²) >= 11 is 5.94. The third-order valence-electron chi connectivity index (χ3n) is 4.21. The first kappa shape index (κ1) is 21.1. The minimum atomic E-state index is -0.272. The standard InChI is InChI=1S/C21H27ClN2O3/c1-4-26-20-12-6-5-11-19(20)23-21(25)16(2)24(3)13-8-14-27-18-10-7-9-17(22)15-18/h5-7,9-12,15-16H,4,8,13-14H2,1-3H3,(H,23,25). The Bertz CT molecular complexity index is 739. The minimum Gasteiger partial charge on any atom is -0.493 e. The Morgan fingerprint density at radius 2 is 1.96 bits per heavy atom. The maximum atomic E-state index is 12.5. The summed E-state index contributed by atoms with van der Waals surface area (Å²) < 4.78 is 11.2. The molecule has 0 radical (unpaired) electrons. The van der Waals surface area contributed by atoms with Gasteiger partial charge in [0.2, 0.25) is 5.91 Å². The molecule has 0 heterocycles. The fraction of sp³-hybridized carbons (Fsp3) is 0.381. The van der Waals surface area contributed by atoms with Gasteiger partial charge < -0.3 is 14.8 Å². The van der Waals surface area contributed by atoms with Crippen LogP contribution in [0.3, 0.4) is 0 Å². The number of carbonyl (C=O) groups is 1. The van der Waals surface area contributed by atoms with Crippen LogP contribution in [0, 0.1) is 0 Å². The molecule has 2 aromatic carbocycles. The predicted octanol–water partition coefficient (Wildman–Crippen LogP) is 4.47. The summed E-state index contributed by atoms with van der Waals surface area (Å²) in [6.45, 7) is 5.65. The first-order chi connectivity index (χ1) is 13.0. The van der Waals surface area contributed by atoms with Crippen LogP contribution < -0.4 is 14.8 Å². The van der Waals surface area contributed by atoms with Crippen LogP contribution in [0.15, 0.2) is 48.5 Å². The fourth-order valence-electron chi connectivity index (χ4n) is 2.54. The van der Waals surface area contributed by atoms with E-state index in [4.69, 9.17) is 21.1 Å². The first-order valence-electron chi connectivity index (χ1n) is 9.12. The number of rotatable bonds is 10. The maximum absolute atomic E-state index is 12.5. The lowest BCUT2D eigenvalue weighted by Crippen LogP contribution is -2.40. The molecule has 0 aliphatic carbocycles. The fourth-order valence-corrected chi connectivity index (χ4v) is 2.72. The molecule has 0 bridgehead atoms. The van der Waals surface area contributed by atoms with Gasteiger partial charge in [0.25, 0.3) is 0 Å². The Morgan fingerprint density at radius 1 is 1.19 bits per heavy atom. The number of nitrogens with one attached hydrogen (secondary N) is 1. The van der Waals surface area contributed by atoms with Gasteiger partial charge in [-0.3, -0.25) is 9.69 Å². The van der Waals surface area contributed by atoms with E-state index in [-0.39, 0.29) is 11.9 Å². The molecule has 1 N–H and O–H groups in total. The van der Waals surface area contributed by atoms with Crippen LogP contribution in [0.25, 0.3) is 0 Å². The minimum absolute atomic E-state index is 0.0691. The smallest absolute Gasteiger partial charge is 0.241 e. The van der Waals surface area contributed by atoms with E-state index in [1.54, 1.807) is 6.07 Å². The van der Waals surface area contributed by atoms with Crippen LogP contribution in [-0.4, -0.2) is 43.7 Å². The summed E-state index contributed by atoms with van der Waals surface area (Å²) in [6, 6.07) is 14.5. The number of hydrogen-bond donors (Lipinski definition) is 1. The Hall–Kier alpha value is -2.24. The van der Waals surface area contributed by atoms with Crippen molar-refractivity contribution in [1.82, 2.24) is 4.90 Å². The molecule has 1 unspecified atom stereocenters. The molecule has 27 heavy (non-hydrogen) atoms. The number of ether oxygens (including phenoxy) is 2. The summed E-state index contributed by atoms with van der Waals surface area (Å²) in [7, 11) is 1.93. The summed E-state index contributed by atoms with van der Waals surface area (Å²) in [6.07, 6.45) is 0.802. The Labute approximate surface area is 166 Å². The summed E-state index contributed by atoms with van der Waals surface area (Å²) in [4.78, 5) is 14.5. The monoisotopic (exact) mass is 390 g/mol. The molecule has 2 rings (SSSR count). The lowest BCUT2D eigenvalue weighted by Gasteiger charge is -2.24. The highest BCUT2D eigenvalue weighted by molar-refractivity contribution is 6.30. The third kappa shape index (κ3) is 6.77. The van der Waals surface area contributed by atoms with E-state index in [2.05, 4.69) is 5.32 Å². The van der Waals surface area contributed by atoms with Gasteiger partial charge >= 0.3 is 0 Å². The van der Waals surface area contributed by atoms with Crippen molar-refractivity contribution in [3.05, 3.63) is 53.6 Å². The molecule has 0 aliphatic rings. The van der Waals surface area contributed by atoms with Crippen LogP contribution >= 0.6 is 11.6 Å². The number of para-hydroxylation sites is 2. The zero-order valence-electron chi connectivity index (χ0n) is 16.1. The molecule has 146 valence electrons. The van der Waals surface area contributed by atoms with Crippen LogP contribution in [0.4, 0.5) is 5.69 Å². The Balaban J connectivity index is 1.78. The average Bonchev–Trinajstić information content (AvgIpc) is 2.66. The number of amides is 1. The van der Waals surface area contributed by atoms with Crippen molar-refractivity contribution in [2.45, 2.75) is 26.3 Å². The van der Waals surface area contributed by atoms with Crippen LogP contribution in [0.1, 0.15) is 20.3 Å². The highest BCUT2D eigenvalue weighted by atomic mass is 35.5. The van der Waals surface area contributed by atoms with Gasteiger partial charge in [-0.05, 0) is 57.6 Å². The summed E-state index contributed by atoms with van der Waals surface area (Å²) in [5, 5.41) is 3.60. The molecule has 5 nitrogen and oxygen atoms in total. The molecule has 1 amide bonds. The van der Waals surface area contributed by atoms with Gasteiger partial charge in [0, 0.05) is 11.6 Å². The molecule has 2 aromatic rings. The number of hydrogen-bond acceptors (Lipinski definition) is 4. The predicted molar refractivity (Wildman–Crippen MR) is 110 cm³/mol. The van der Waals surface area contributed by atoms with Gasteiger partial charge in [0.15, 0.2) is 0 Å². The molecule has 0 saturated heterocycles. The first-order valence-corrected chi connectivity index (χ1v) is 9.50. The van der Waals surface area contributed by atoms with Gasteiger partial charge in [-0.2, -0.15) is 0 Å². The van der Waals surface area contributed by atoms with Gasteiger partial charge in [0.05, 0.1) is 24.9 Å². The number of nitrogens with zero attached hydrogens (tertiary/aromatic N) is 1.